The molecule has 1 aromatic heterocycles. The van der Waals surface area contributed by atoms with Crippen LogP contribution in [0.5, 0.6) is 5.75 Å². The number of hydrogen-bond acceptors (Lipinski definition) is 5. The van der Waals surface area contributed by atoms with Crippen molar-refractivity contribution in [1.82, 2.24) is 15.1 Å². The second kappa shape index (κ2) is 8.57. The van der Waals surface area contributed by atoms with Gasteiger partial charge in [0.1, 0.15) is 29.3 Å². The largest absolute Gasteiger partial charge is 0.487 e. The minimum absolute atomic E-state index is 0.0279. The maximum atomic E-state index is 11.8. The van der Waals surface area contributed by atoms with E-state index in [2.05, 4.69) is 10.4 Å². The zero-order valence-electron chi connectivity index (χ0n) is 15.9. The molecule has 0 aliphatic heterocycles. The van der Waals surface area contributed by atoms with E-state index in [4.69, 9.17) is 9.47 Å². The van der Waals surface area contributed by atoms with Crippen molar-refractivity contribution in [1.29, 1.82) is 0 Å². The normalized spacial score (nSPS) is 12.3. The lowest BCUT2D eigenvalue weighted by Crippen LogP contribution is -2.36. The molecule has 8 nitrogen and oxygen atoms in total. The van der Waals surface area contributed by atoms with E-state index in [1.54, 1.807) is 27.7 Å². The third kappa shape index (κ3) is 6.32. The number of rotatable bonds is 7. The Labute approximate surface area is 158 Å². The molecule has 0 spiro atoms. The zero-order valence-corrected chi connectivity index (χ0v) is 15.9. The average Bonchev–Trinajstić information content (AvgIpc) is 3.02. The summed E-state index contributed by atoms with van der Waals surface area (Å²) in [5.41, 5.74) is -0.0896. The van der Waals surface area contributed by atoms with Gasteiger partial charge in [-0.05, 0) is 45.9 Å². The van der Waals surface area contributed by atoms with Gasteiger partial charge in [0.05, 0.1) is 6.04 Å². The first-order valence-corrected chi connectivity index (χ1v) is 8.62. The van der Waals surface area contributed by atoms with Crippen LogP contribution in [-0.2, 0) is 11.3 Å². The predicted molar refractivity (Wildman–Crippen MR) is 98.9 cm³/mol. The molecule has 2 rings (SSSR count). The van der Waals surface area contributed by atoms with Crippen molar-refractivity contribution < 1.29 is 24.2 Å². The maximum Gasteiger partial charge on any atom is 0.407 e. The quantitative estimate of drug-likeness (QED) is 0.770. The molecule has 0 saturated carbocycles. The van der Waals surface area contributed by atoms with Crippen LogP contribution in [0.1, 0.15) is 49.9 Å². The van der Waals surface area contributed by atoms with Crippen molar-refractivity contribution in [3.63, 3.8) is 0 Å². The number of aromatic nitrogens is 2. The van der Waals surface area contributed by atoms with Gasteiger partial charge in [0.25, 0.3) is 0 Å². The number of amides is 1. The number of carboxylic acid groups (broad SMARTS) is 1. The summed E-state index contributed by atoms with van der Waals surface area (Å²) in [6.07, 6.45) is -0.564. The Morgan fingerprint density at radius 1 is 1.26 bits per heavy atom. The van der Waals surface area contributed by atoms with Gasteiger partial charge in [0.2, 0.25) is 0 Å². The number of nitrogens with zero attached hydrogens (tertiary/aromatic N) is 2. The maximum absolute atomic E-state index is 11.8. The summed E-state index contributed by atoms with van der Waals surface area (Å²) in [6.45, 7) is 7.39. The number of aromatic carboxylic acids is 1. The highest BCUT2D eigenvalue weighted by molar-refractivity contribution is 5.85. The highest BCUT2D eigenvalue weighted by Gasteiger charge is 2.21. The van der Waals surface area contributed by atoms with E-state index >= 15 is 0 Å². The summed E-state index contributed by atoms with van der Waals surface area (Å²) in [6, 6.07) is 10.3. The predicted octanol–water partition coefficient (Wildman–Crippen LogP) is 3.25. The van der Waals surface area contributed by atoms with E-state index in [1.165, 1.54) is 10.7 Å². The zero-order chi connectivity index (χ0) is 20.0. The standard InChI is InChI=1S/C19H25N3O5/c1-13(11-20-18(25)27-19(2,3)4)22-16(17(23)24)10-14(21-22)12-26-15-8-6-5-7-9-15/h5-10,13H,11-12H2,1-4H3,(H,20,25)(H,23,24). The Hall–Kier alpha value is -3.03. The van der Waals surface area contributed by atoms with Crippen LogP contribution in [-0.4, -0.2) is 39.1 Å². The Morgan fingerprint density at radius 2 is 1.93 bits per heavy atom. The van der Waals surface area contributed by atoms with Crippen LogP contribution in [0, 0.1) is 0 Å². The summed E-state index contributed by atoms with van der Waals surface area (Å²) in [5, 5.41) is 16.4. The van der Waals surface area contributed by atoms with Crippen molar-refractivity contribution >= 4 is 12.1 Å². The monoisotopic (exact) mass is 375 g/mol. The molecule has 0 bridgehead atoms. The molecule has 1 atom stereocenters. The van der Waals surface area contributed by atoms with Crippen molar-refractivity contribution in [2.45, 2.75) is 45.9 Å². The molecular weight excluding hydrogens is 350 g/mol. The number of hydrogen-bond donors (Lipinski definition) is 2. The topological polar surface area (TPSA) is 103 Å². The Bertz CT molecular complexity index is 780. The van der Waals surface area contributed by atoms with Gasteiger partial charge in [0.15, 0.2) is 0 Å². The first kappa shape index (κ1) is 20.3. The Kier molecular flexibility index (Phi) is 6.44. The SMILES string of the molecule is CC(CNC(=O)OC(C)(C)C)n1nc(COc2ccccc2)cc1C(=O)O. The molecular formula is C19H25N3O5. The van der Waals surface area contributed by atoms with Gasteiger partial charge < -0.3 is 19.9 Å². The van der Waals surface area contributed by atoms with Gasteiger partial charge in [-0.25, -0.2) is 9.59 Å². The Balaban J connectivity index is 2.03. The number of alkyl carbamates (subject to hydrolysis) is 1. The minimum Gasteiger partial charge on any atom is -0.487 e. The molecule has 1 amide bonds. The van der Waals surface area contributed by atoms with Crippen LogP contribution in [0.4, 0.5) is 4.79 Å². The molecule has 1 aromatic carbocycles. The van der Waals surface area contributed by atoms with Crippen molar-refractivity contribution in [3.8, 4) is 5.75 Å². The minimum atomic E-state index is -1.10. The van der Waals surface area contributed by atoms with Gasteiger partial charge in [0, 0.05) is 6.54 Å². The van der Waals surface area contributed by atoms with Crippen LogP contribution in [0.3, 0.4) is 0 Å². The lowest BCUT2D eigenvalue weighted by Gasteiger charge is -2.21. The van der Waals surface area contributed by atoms with Gasteiger partial charge in [-0.2, -0.15) is 5.10 Å². The van der Waals surface area contributed by atoms with Crippen LogP contribution in [0.15, 0.2) is 36.4 Å². The smallest absolute Gasteiger partial charge is 0.407 e. The molecule has 1 unspecified atom stereocenters. The van der Waals surface area contributed by atoms with Crippen LogP contribution in [0.25, 0.3) is 0 Å². The first-order chi connectivity index (χ1) is 12.7. The molecule has 2 N–H and O–H groups in total. The molecule has 0 saturated heterocycles. The third-order valence-electron chi connectivity index (χ3n) is 3.49. The number of para-hydroxylation sites is 1. The molecule has 1 heterocycles. The van der Waals surface area contributed by atoms with Crippen molar-refractivity contribution in [2.75, 3.05) is 6.54 Å². The molecule has 0 aliphatic carbocycles. The molecule has 0 radical (unpaired) electrons. The van der Waals surface area contributed by atoms with E-state index in [1.807, 2.05) is 30.3 Å². The van der Waals surface area contributed by atoms with Crippen molar-refractivity contribution in [3.05, 3.63) is 47.8 Å². The summed E-state index contributed by atoms with van der Waals surface area (Å²) >= 11 is 0. The molecule has 8 heteroatoms. The van der Waals surface area contributed by atoms with Gasteiger partial charge in [-0.3, -0.25) is 4.68 Å². The number of carboxylic acids is 1. The molecule has 0 fully saturated rings. The number of ether oxygens (including phenoxy) is 2. The number of carbonyl (C=O) groups excluding carboxylic acids is 1. The fourth-order valence-corrected chi connectivity index (χ4v) is 2.32. The second-order valence-electron chi connectivity index (χ2n) is 7.10. The van der Waals surface area contributed by atoms with Crippen molar-refractivity contribution in [2.24, 2.45) is 0 Å². The molecule has 0 aliphatic rings. The van der Waals surface area contributed by atoms with Gasteiger partial charge in [-0.1, -0.05) is 18.2 Å². The lowest BCUT2D eigenvalue weighted by molar-refractivity contribution is 0.0520. The third-order valence-corrected chi connectivity index (χ3v) is 3.49. The lowest BCUT2D eigenvalue weighted by atomic mass is 10.2. The fraction of sp³-hybridized carbons (Fsp3) is 0.421. The van der Waals surface area contributed by atoms with E-state index < -0.39 is 17.7 Å². The number of nitrogens with one attached hydrogen (secondary N) is 1. The van der Waals surface area contributed by atoms with Crippen LogP contribution in [0.2, 0.25) is 0 Å². The number of carbonyl (C=O) groups is 2. The highest BCUT2D eigenvalue weighted by Crippen LogP contribution is 2.15. The fourth-order valence-electron chi connectivity index (χ4n) is 2.32. The summed E-state index contributed by atoms with van der Waals surface area (Å²) in [4.78, 5) is 23.3. The first-order valence-electron chi connectivity index (χ1n) is 8.62. The van der Waals surface area contributed by atoms with E-state index in [-0.39, 0.29) is 24.9 Å². The average molecular weight is 375 g/mol. The second-order valence-corrected chi connectivity index (χ2v) is 7.10. The van der Waals surface area contributed by atoms with Gasteiger partial charge in [-0.15, -0.1) is 0 Å². The molecule has 2 aromatic rings. The summed E-state index contributed by atoms with van der Waals surface area (Å²) in [7, 11) is 0. The van der Waals surface area contributed by atoms with Crippen LogP contribution >= 0.6 is 0 Å². The highest BCUT2D eigenvalue weighted by atomic mass is 16.6. The molecule has 27 heavy (non-hydrogen) atoms. The summed E-state index contributed by atoms with van der Waals surface area (Å²) < 4.78 is 12.2. The Morgan fingerprint density at radius 3 is 2.52 bits per heavy atom. The van der Waals surface area contributed by atoms with E-state index in [9.17, 15) is 14.7 Å². The van der Waals surface area contributed by atoms with E-state index in [0.29, 0.717) is 11.4 Å². The number of benzene rings is 1. The van der Waals surface area contributed by atoms with Crippen LogP contribution < -0.4 is 10.1 Å². The molecule has 146 valence electrons. The van der Waals surface area contributed by atoms with E-state index in [0.717, 1.165) is 0 Å². The summed E-state index contributed by atoms with van der Waals surface area (Å²) in [5.74, 6) is -0.429. The van der Waals surface area contributed by atoms with Gasteiger partial charge >= 0.3 is 12.1 Å².